The quantitative estimate of drug-likeness (QED) is 0.868. The predicted molar refractivity (Wildman–Crippen MR) is 95.2 cm³/mol. The van der Waals surface area contributed by atoms with Gasteiger partial charge in [0.15, 0.2) is 0 Å². The van der Waals surface area contributed by atoms with E-state index < -0.39 is 0 Å². The molecule has 0 unspecified atom stereocenters. The van der Waals surface area contributed by atoms with Gasteiger partial charge in [-0.05, 0) is 12.0 Å². The van der Waals surface area contributed by atoms with Gasteiger partial charge in [-0.2, -0.15) is 0 Å². The minimum atomic E-state index is -0.0188. The van der Waals surface area contributed by atoms with E-state index in [0.717, 1.165) is 43.7 Å². The zero-order valence-corrected chi connectivity index (χ0v) is 13.9. The number of nitrogens with one attached hydrogen (secondary N) is 1. The molecule has 3 rings (SSSR count). The molecular weight excluding hydrogens is 321 g/mol. The Kier molecular flexibility index (Phi) is 7.45. The molecule has 0 amide bonds. The van der Waals surface area contributed by atoms with E-state index in [1.165, 1.54) is 0 Å². The second-order valence-corrected chi connectivity index (χ2v) is 5.10. The molecule has 0 saturated carbocycles. The minimum Gasteiger partial charge on any atom is -0.298 e. The van der Waals surface area contributed by atoms with Crippen molar-refractivity contribution in [3.05, 3.63) is 59.0 Å². The molecule has 0 aliphatic carbocycles. The van der Waals surface area contributed by atoms with Crippen molar-refractivity contribution in [2.75, 3.05) is 19.6 Å². The van der Waals surface area contributed by atoms with E-state index in [1.807, 2.05) is 41.2 Å². The van der Waals surface area contributed by atoms with Gasteiger partial charge in [-0.1, -0.05) is 42.5 Å². The summed E-state index contributed by atoms with van der Waals surface area (Å²) in [6.45, 7) is 3.89. The van der Waals surface area contributed by atoms with Crippen LogP contribution in [0.3, 0.4) is 0 Å². The molecule has 0 radical (unpaired) electrons. The smallest absolute Gasteiger partial charge is 0.271 e. The van der Waals surface area contributed by atoms with Gasteiger partial charge in [-0.25, -0.2) is 0 Å². The molecule has 1 N–H and O–H groups in total. The summed E-state index contributed by atoms with van der Waals surface area (Å²) in [5.74, 6) is 0. The first-order chi connectivity index (χ1) is 9.83. The summed E-state index contributed by atoms with van der Waals surface area (Å²) in [5, 5.41) is 2.90. The van der Waals surface area contributed by atoms with Crippen LogP contribution < -0.4 is 5.56 Å². The molecule has 6 heteroatoms. The fourth-order valence-electron chi connectivity index (χ4n) is 2.52. The van der Waals surface area contributed by atoms with Gasteiger partial charge in [0.25, 0.3) is 5.56 Å². The fourth-order valence-corrected chi connectivity index (χ4v) is 2.52. The van der Waals surface area contributed by atoms with Crippen molar-refractivity contribution in [2.24, 2.45) is 0 Å². The Labute approximate surface area is 142 Å². The Hall–Kier alpha value is -1.49. The lowest BCUT2D eigenvalue weighted by Gasteiger charge is -2.22. The zero-order valence-electron chi connectivity index (χ0n) is 12.3. The van der Waals surface area contributed by atoms with E-state index in [4.69, 9.17) is 0 Å². The average Bonchev–Trinajstić information content (AvgIpc) is 2.88. The number of aromatic amines is 1. The largest absolute Gasteiger partial charge is 0.298 e. The SMILES string of the molecule is Cl.Cl.O=c1[nH]n(CCN2CC=CCC2)cc1-c1ccccc1. The van der Waals surface area contributed by atoms with Crippen LogP contribution in [0.2, 0.25) is 0 Å². The van der Waals surface area contributed by atoms with E-state index in [1.54, 1.807) is 0 Å². The summed E-state index contributed by atoms with van der Waals surface area (Å²) >= 11 is 0. The van der Waals surface area contributed by atoms with Crippen LogP contribution in [0.15, 0.2) is 53.5 Å². The normalized spacial score (nSPS) is 14.2. The van der Waals surface area contributed by atoms with Gasteiger partial charge in [0.1, 0.15) is 0 Å². The Bertz CT molecular complexity index is 649. The summed E-state index contributed by atoms with van der Waals surface area (Å²) in [6, 6.07) is 9.78. The van der Waals surface area contributed by atoms with E-state index in [2.05, 4.69) is 22.2 Å². The third kappa shape index (κ3) is 4.50. The van der Waals surface area contributed by atoms with Crippen molar-refractivity contribution in [1.82, 2.24) is 14.7 Å². The highest BCUT2D eigenvalue weighted by Crippen LogP contribution is 2.13. The molecule has 4 nitrogen and oxygen atoms in total. The van der Waals surface area contributed by atoms with Crippen molar-refractivity contribution in [1.29, 1.82) is 0 Å². The Morgan fingerprint density at radius 2 is 1.82 bits per heavy atom. The first-order valence-electron chi connectivity index (χ1n) is 7.05. The highest BCUT2D eigenvalue weighted by atomic mass is 35.5. The van der Waals surface area contributed by atoms with Crippen molar-refractivity contribution >= 4 is 24.8 Å². The van der Waals surface area contributed by atoms with Crippen LogP contribution >= 0.6 is 24.8 Å². The molecule has 0 bridgehead atoms. The Morgan fingerprint density at radius 1 is 1.05 bits per heavy atom. The Morgan fingerprint density at radius 3 is 2.50 bits per heavy atom. The fraction of sp³-hybridized carbons (Fsp3) is 0.312. The molecule has 1 aromatic carbocycles. The topological polar surface area (TPSA) is 41.0 Å². The molecule has 2 aromatic rings. The second kappa shape index (κ2) is 8.83. The van der Waals surface area contributed by atoms with Crippen molar-refractivity contribution in [2.45, 2.75) is 13.0 Å². The molecule has 0 saturated heterocycles. The third-order valence-corrected chi connectivity index (χ3v) is 3.66. The first-order valence-corrected chi connectivity index (χ1v) is 7.05. The van der Waals surface area contributed by atoms with Gasteiger partial charge in [0.05, 0.1) is 12.1 Å². The zero-order chi connectivity index (χ0) is 13.8. The number of halogens is 2. The maximum absolute atomic E-state index is 12.0. The van der Waals surface area contributed by atoms with Crippen molar-refractivity contribution in [3.63, 3.8) is 0 Å². The van der Waals surface area contributed by atoms with Gasteiger partial charge in [-0.3, -0.25) is 19.5 Å². The molecule has 1 aromatic heterocycles. The summed E-state index contributed by atoms with van der Waals surface area (Å²) in [6.07, 6.45) is 7.47. The molecule has 2 heterocycles. The van der Waals surface area contributed by atoms with Gasteiger partial charge in [0.2, 0.25) is 0 Å². The molecule has 1 aliphatic heterocycles. The lowest BCUT2D eigenvalue weighted by atomic mass is 10.1. The number of hydrogen-bond acceptors (Lipinski definition) is 2. The molecule has 0 fully saturated rings. The molecule has 0 spiro atoms. The van der Waals surface area contributed by atoms with Crippen molar-refractivity contribution in [3.8, 4) is 11.1 Å². The van der Waals surface area contributed by atoms with Gasteiger partial charge in [-0.15, -0.1) is 24.8 Å². The highest BCUT2D eigenvalue weighted by molar-refractivity contribution is 5.85. The van der Waals surface area contributed by atoms with Crippen LogP contribution in [0.4, 0.5) is 0 Å². The number of rotatable bonds is 4. The summed E-state index contributed by atoms with van der Waals surface area (Å²) < 4.78 is 1.89. The first kappa shape index (κ1) is 18.6. The molecule has 22 heavy (non-hydrogen) atoms. The third-order valence-electron chi connectivity index (χ3n) is 3.66. The van der Waals surface area contributed by atoms with Crippen LogP contribution in [0.5, 0.6) is 0 Å². The highest BCUT2D eigenvalue weighted by Gasteiger charge is 2.09. The minimum absolute atomic E-state index is 0. The molecule has 120 valence electrons. The van der Waals surface area contributed by atoms with Crippen LogP contribution in [0, 0.1) is 0 Å². The van der Waals surface area contributed by atoms with E-state index >= 15 is 0 Å². The van der Waals surface area contributed by atoms with Crippen LogP contribution in [-0.4, -0.2) is 34.3 Å². The lowest BCUT2D eigenvalue weighted by molar-refractivity contribution is 0.280. The second-order valence-electron chi connectivity index (χ2n) is 5.10. The number of nitrogens with zero attached hydrogens (tertiary/aromatic N) is 2. The number of aromatic nitrogens is 2. The Balaban J connectivity index is 0.00000121. The maximum atomic E-state index is 12.0. The summed E-state index contributed by atoms with van der Waals surface area (Å²) in [7, 11) is 0. The standard InChI is InChI=1S/C16H19N3O.2ClH/c20-16-15(14-7-3-1-4-8-14)13-19(17-16)12-11-18-9-5-2-6-10-18;;/h1-5,7-8,13H,6,9-12H2,(H,17,20);2*1H. The van der Waals surface area contributed by atoms with Crippen LogP contribution in [0.25, 0.3) is 11.1 Å². The maximum Gasteiger partial charge on any atom is 0.271 e. The molecule has 1 aliphatic rings. The van der Waals surface area contributed by atoms with E-state index in [-0.39, 0.29) is 30.4 Å². The van der Waals surface area contributed by atoms with Gasteiger partial charge >= 0.3 is 0 Å². The molecule has 0 atom stereocenters. The number of hydrogen-bond donors (Lipinski definition) is 1. The lowest BCUT2D eigenvalue weighted by Crippen LogP contribution is -2.30. The monoisotopic (exact) mass is 341 g/mol. The van der Waals surface area contributed by atoms with Crippen LogP contribution in [-0.2, 0) is 6.54 Å². The summed E-state index contributed by atoms with van der Waals surface area (Å²) in [5.41, 5.74) is 1.69. The van der Waals surface area contributed by atoms with Crippen LogP contribution in [0.1, 0.15) is 6.42 Å². The molecular formula is C16H21Cl2N3O. The number of H-pyrrole nitrogens is 1. The number of benzene rings is 1. The van der Waals surface area contributed by atoms with Gasteiger partial charge in [0, 0.05) is 25.8 Å². The average molecular weight is 342 g/mol. The predicted octanol–water partition coefficient (Wildman–Crippen LogP) is 2.95. The van der Waals surface area contributed by atoms with E-state index in [0.29, 0.717) is 0 Å². The van der Waals surface area contributed by atoms with E-state index in [9.17, 15) is 4.79 Å². The van der Waals surface area contributed by atoms with Gasteiger partial charge < -0.3 is 0 Å². The van der Waals surface area contributed by atoms with Crippen molar-refractivity contribution < 1.29 is 0 Å². The summed E-state index contributed by atoms with van der Waals surface area (Å²) in [4.78, 5) is 14.4.